The third-order valence-electron chi connectivity index (χ3n) is 2.76. The second kappa shape index (κ2) is 5.82. The first kappa shape index (κ1) is 13.5. The lowest BCUT2D eigenvalue weighted by atomic mass is 10.00. The zero-order valence-electron chi connectivity index (χ0n) is 10.0. The van der Waals surface area contributed by atoms with Crippen molar-refractivity contribution in [2.45, 2.75) is 6.04 Å². The van der Waals surface area contributed by atoms with Crippen molar-refractivity contribution in [3.63, 3.8) is 0 Å². The van der Waals surface area contributed by atoms with Gasteiger partial charge in [0, 0.05) is 9.85 Å². The van der Waals surface area contributed by atoms with E-state index in [1.807, 2.05) is 10.8 Å². The number of hydrogen-bond donors (Lipinski definition) is 1. The minimum atomic E-state index is -0.271. The number of nitrogens with one attached hydrogen (secondary N) is 1. The number of benzene rings is 1. The van der Waals surface area contributed by atoms with E-state index in [1.165, 1.54) is 6.07 Å². The van der Waals surface area contributed by atoms with E-state index in [1.54, 1.807) is 37.6 Å². The van der Waals surface area contributed by atoms with Crippen LogP contribution in [-0.4, -0.2) is 14.2 Å². The van der Waals surface area contributed by atoms with Gasteiger partial charge in [-0.05, 0) is 46.1 Å². The maximum atomic E-state index is 14.1. The summed E-state index contributed by atoms with van der Waals surface area (Å²) in [6, 6.07) is 4.63. The van der Waals surface area contributed by atoms with Crippen LogP contribution in [0.5, 0.6) is 5.75 Å². The molecule has 2 nitrogen and oxygen atoms in total. The van der Waals surface area contributed by atoms with E-state index in [0.29, 0.717) is 11.3 Å². The van der Waals surface area contributed by atoms with Crippen LogP contribution in [-0.2, 0) is 0 Å². The maximum absolute atomic E-state index is 14.1. The number of thiophene rings is 1. The Morgan fingerprint density at radius 2 is 2.17 bits per heavy atom. The van der Waals surface area contributed by atoms with Gasteiger partial charge in [0.25, 0.3) is 0 Å². The molecule has 0 bridgehead atoms. The van der Waals surface area contributed by atoms with Crippen LogP contribution >= 0.6 is 27.3 Å². The Kier molecular flexibility index (Phi) is 4.37. The zero-order chi connectivity index (χ0) is 13.1. The Morgan fingerprint density at radius 3 is 2.72 bits per heavy atom. The smallest absolute Gasteiger partial charge is 0.132 e. The van der Waals surface area contributed by atoms with Crippen LogP contribution in [0, 0.1) is 5.82 Å². The highest BCUT2D eigenvalue weighted by Gasteiger charge is 2.22. The summed E-state index contributed by atoms with van der Waals surface area (Å²) in [5.41, 5.74) is 1.53. The molecule has 0 aliphatic rings. The summed E-state index contributed by atoms with van der Waals surface area (Å²) in [6.07, 6.45) is 0. The van der Waals surface area contributed by atoms with Gasteiger partial charge < -0.3 is 10.1 Å². The number of halogens is 2. The van der Waals surface area contributed by atoms with Crippen molar-refractivity contribution in [1.29, 1.82) is 0 Å². The Morgan fingerprint density at radius 1 is 1.39 bits per heavy atom. The fraction of sp³-hybridized carbons (Fsp3) is 0.231. The Labute approximate surface area is 118 Å². The second-order valence-corrected chi connectivity index (χ2v) is 5.35. The normalized spacial score (nSPS) is 12.4. The van der Waals surface area contributed by atoms with Gasteiger partial charge in [-0.1, -0.05) is 6.07 Å². The van der Waals surface area contributed by atoms with Gasteiger partial charge in [0.15, 0.2) is 0 Å². The number of ether oxygens (including phenoxy) is 1. The molecule has 0 aliphatic carbocycles. The summed E-state index contributed by atoms with van der Waals surface area (Å²) >= 11 is 5.06. The lowest BCUT2D eigenvalue weighted by Gasteiger charge is -2.19. The molecule has 96 valence electrons. The van der Waals surface area contributed by atoms with Crippen LogP contribution in [0.2, 0.25) is 0 Å². The van der Waals surface area contributed by atoms with E-state index in [-0.39, 0.29) is 11.9 Å². The Balaban J connectivity index is 2.55. The highest BCUT2D eigenvalue weighted by molar-refractivity contribution is 9.10. The first-order chi connectivity index (χ1) is 8.69. The van der Waals surface area contributed by atoms with E-state index in [2.05, 4.69) is 21.2 Å². The van der Waals surface area contributed by atoms with Gasteiger partial charge in [0.05, 0.1) is 18.7 Å². The van der Waals surface area contributed by atoms with Gasteiger partial charge in [-0.3, -0.25) is 0 Å². The molecular formula is C13H13BrFNOS. The molecule has 1 aromatic heterocycles. The standard InChI is InChI=1S/C13H13BrFNOS/c1-16-13(8-6-18-7-9(8)14)12-10(15)4-3-5-11(12)17-2/h3-7,13,16H,1-2H3. The summed E-state index contributed by atoms with van der Waals surface area (Å²) in [5, 5.41) is 7.11. The maximum Gasteiger partial charge on any atom is 0.132 e. The van der Waals surface area contributed by atoms with Crippen molar-refractivity contribution in [2.24, 2.45) is 0 Å². The molecule has 5 heteroatoms. The summed E-state index contributed by atoms with van der Waals surface area (Å²) in [4.78, 5) is 0. The predicted molar refractivity (Wildman–Crippen MR) is 75.9 cm³/mol. The van der Waals surface area contributed by atoms with Crippen LogP contribution in [0.1, 0.15) is 17.2 Å². The average molecular weight is 330 g/mol. The molecule has 0 radical (unpaired) electrons. The summed E-state index contributed by atoms with van der Waals surface area (Å²) in [7, 11) is 3.36. The van der Waals surface area contributed by atoms with Crippen LogP contribution in [0.4, 0.5) is 4.39 Å². The van der Waals surface area contributed by atoms with Crippen LogP contribution in [0.25, 0.3) is 0 Å². The second-order valence-electron chi connectivity index (χ2n) is 3.75. The molecule has 0 spiro atoms. The first-order valence-corrected chi connectivity index (χ1v) is 7.13. The quantitative estimate of drug-likeness (QED) is 0.916. The van der Waals surface area contributed by atoms with Gasteiger partial charge in [-0.15, -0.1) is 0 Å². The highest BCUT2D eigenvalue weighted by Crippen LogP contribution is 2.36. The van der Waals surface area contributed by atoms with Crippen molar-refractivity contribution in [3.05, 3.63) is 50.4 Å². The molecule has 1 unspecified atom stereocenters. The number of methoxy groups -OCH3 is 1. The third-order valence-corrected chi connectivity index (χ3v) is 4.52. The van der Waals surface area contributed by atoms with E-state index < -0.39 is 0 Å². The molecule has 18 heavy (non-hydrogen) atoms. The SMILES string of the molecule is CNC(c1cscc1Br)c1c(F)cccc1OC. The minimum Gasteiger partial charge on any atom is -0.496 e. The molecule has 0 amide bonds. The van der Waals surface area contributed by atoms with Gasteiger partial charge in [-0.2, -0.15) is 11.3 Å². The van der Waals surface area contributed by atoms with E-state index in [0.717, 1.165) is 10.0 Å². The highest BCUT2D eigenvalue weighted by atomic mass is 79.9. The van der Waals surface area contributed by atoms with E-state index in [4.69, 9.17) is 4.74 Å². The molecule has 0 saturated carbocycles. The lowest BCUT2D eigenvalue weighted by Crippen LogP contribution is -2.19. The predicted octanol–water partition coefficient (Wildman–Crippen LogP) is 3.97. The van der Waals surface area contributed by atoms with Crippen LogP contribution < -0.4 is 10.1 Å². The van der Waals surface area contributed by atoms with Crippen molar-refractivity contribution >= 4 is 27.3 Å². The van der Waals surface area contributed by atoms with Gasteiger partial charge >= 0.3 is 0 Å². The van der Waals surface area contributed by atoms with Crippen LogP contribution in [0.15, 0.2) is 33.4 Å². The first-order valence-electron chi connectivity index (χ1n) is 5.40. The molecule has 1 heterocycles. The zero-order valence-corrected chi connectivity index (χ0v) is 12.4. The molecule has 2 rings (SSSR count). The van der Waals surface area contributed by atoms with E-state index >= 15 is 0 Å². The van der Waals surface area contributed by atoms with Gasteiger partial charge in [0.1, 0.15) is 11.6 Å². The number of rotatable bonds is 4. The molecular weight excluding hydrogens is 317 g/mol. The minimum absolute atomic E-state index is 0.234. The lowest BCUT2D eigenvalue weighted by molar-refractivity contribution is 0.398. The molecule has 1 atom stereocenters. The molecule has 0 aliphatic heterocycles. The monoisotopic (exact) mass is 329 g/mol. The summed E-state index contributed by atoms with van der Waals surface area (Å²) in [6.45, 7) is 0. The van der Waals surface area contributed by atoms with Crippen molar-refractivity contribution in [1.82, 2.24) is 5.32 Å². The molecule has 2 aromatic rings. The van der Waals surface area contributed by atoms with Gasteiger partial charge in [-0.25, -0.2) is 4.39 Å². The number of hydrogen-bond acceptors (Lipinski definition) is 3. The fourth-order valence-electron chi connectivity index (χ4n) is 1.93. The molecule has 1 N–H and O–H groups in total. The Hall–Kier alpha value is -0.910. The topological polar surface area (TPSA) is 21.3 Å². The average Bonchev–Trinajstić information content (AvgIpc) is 2.79. The van der Waals surface area contributed by atoms with E-state index in [9.17, 15) is 4.39 Å². The van der Waals surface area contributed by atoms with Crippen molar-refractivity contribution in [2.75, 3.05) is 14.2 Å². The summed E-state index contributed by atoms with van der Waals surface area (Å²) in [5.74, 6) is 0.277. The fourth-order valence-corrected chi connectivity index (χ4v) is 3.48. The van der Waals surface area contributed by atoms with Crippen molar-refractivity contribution < 1.29 is 9.13 Å². The molecule has 0 saturated heterocycles. The van der Waals surface area contributed by atoms with Crippen LogP contribution in [0.3, 0.4) is 0 Å². The summed E-state index contributed by atoms with van der Waals surface area (Å²) < 4.78 is 20.3. The molecule has 1 aromatic carbocycles. The van der Waals surface area contributed by atoms with Gasteiger partial charge in [0.2, 0.25) is 0 Å². The molecule has 0 fully saturated rings. The largest absolute Gasteiger partial charge is 0.496 e. The Bertz CT molecular complexity index is 544. The van der Waals surface area contributed by atoms with Crippen molar-refractivity contribution in [3.8, 4) is 5.75 Å². The third kappa shape index (κ3) is 2.43.